The number of amides is 1. The summed E-state index contributed by atoms with van der Waals surface area (Å²) in [4.78, 5) is 17.2. The predicted octanol–water partition coefficient (Wildman–Crippen LogP) is 3.62. The summed E-state index contributed by atoms with van der Waals surface area (Å²) in [7, 11) is 1.76. The van der Waals surface area contributed by atoms with Crippen LogP contribution in [-0.2, 0) is 11.2 Å². The fourth-order valence-electron chi connectivity index (χ4n) is 2.14. The van der Waals surface area contributed by atoms with Crippen molar-refractivity contribution in [3.8, 4) is 0 Å². The first kappa shape index (κ1) is 25.0. The Morgan fingerprint density at radius 1 is 1.27 bits per heavy atom. The lowest BCUT2D eigenvalue weighted by Crippen LogP contribution is -2.41. The topological polar surface area (TPSA) is 74.8 Å². The molecule has 1 atom stereocenters. The molecule has 6 nitrogen and oxygen atoms in total. The average Bonchev–Trinajstić information content (AvgIpc) is 3.01. The van der Waals surface area contributed by atoms with Crippen LogP contribution in [0.15, 0.2) is 22.5 Å². The number of halogens is 1. The molecular weight excluding hydrogens is 463 g/mol. The first-order chi connectivity index (χ1) is 11.8. The smallest absolute Gasteiger partial charge is 0.407 e. The predicted molar refractivity (Wildman–Crippen MR) is 121 cm³/mol. The van der Waals surface area contributed by atoms with Crippen LogP contribution in [0.2, 0.25) is 0 Å². The Morgan fingerprint density at radius 2 is 1.96 bits per heavy atom. The molecule has 0 aliphatic rings. The van der Waals surface area contributed by atoms with E-state index in [0.29, 0.717) is 12.5 Å². The second-order valence-corrected chi connectivity index (χ2v) is 8.08. The van der Waals surface area contributed by atoms with Crippen LogP contribution in [0.5, 0.6) is 0 Å². The molecule has 1 amide bonds. The van der Waals surface area contributed by atoms with E-state index in [1.807, 2.05) is 20.8 Å². The fraction of sp³-hybridized carbons (Fsp3) is 0.667. The van der Waals surface area contributed by atoms with E-state index >= 15 is 0 Å². The zero-order valence-corrected chi connectivity index (χ0v) is 19.6. The van der Waals surface area contributed by atoms with E-state index in [1.165, 1.54) is 4.88 Å². The van der Waals surface area contributed by atoms with Crippen LogP contribution in [0, 0.1) is 5.92 Å². The molecule has 0 bridgehead atoms. The highest BCUT2D eigenvalue weighted by Crippen LogP contribution is 2.13. The monoisotopic (exact) mass is 496 g/mol. The molecule has 26 heavy (non-hydrogen) atoms. The van der Waals surface area contributed by atoms with E-state index < -0.39 is 5.60 Å². The first-order valence-corrected chi connectivity index (χ1v) is 9.62. The van der Waals surface area contributed by atoms with Gasteiger partial charge in [-0.15, -0.1) is 35.3 Å². The zero-order valence-electron chi connectivity index (χ0n) is 16.4. The zero-order chi connectivity index (χ0) is 18.7. The minimum atomic E-state index is -0.464. The van der Waals surface area contributed by atoms with Crippen molar-refractivity contribution in [1.29, 1.82) is 0 Å². The number of carbonyl (C=O) groups is 1. The van der Waals surface area contributed by atoms with Gasteiger partial charge in [0, 0.05) is 31.6 Å². The van der Waals surface area contributed by atoms with Crippen LogP contribution in [0.25, 0.3) is 0 Å². The molecule has 0 fully saturated rings. The molecule has 1 rings (SSSR count). The Balaban J connectivity index is 0.00000625. The van der Waals surface area contributed by atoms with Crippen molar-refractivity contribution in [2.45, 2.75) is 46.1 Å². The van der Waals surface area contributed by atoms with Gasteiger partial charge in [-0.3, -0.25) is 4.99 Å². The van der Waals surface area contributed by atoms with Gasteiger partial charge >= 0.3 is 6.09 Å². The molecule has 1 heterocycles. The lowest BCUT2D eigenvalue weighted by atomic mass is 10.1. The Labute approximate surface area is 178 Å². The van der Waals surface area contributed by atoms with Crippen molar-refractivity contribution >= 4 is 47.4 Å². The summed E-state index contributed by atoms with van der Waals surface area (Å²) < 4.78 is 5.19. The summed E-state index contributed by atoms with van der Waals surface area (Å²) >= 11 is 1.80. The van der Waals surface area contributed by atoms with Crippen molar-refractivity contribution in [2.75, 3.05) is 26.7 Å². The Bertz CT molecular complexity index is 530. The highest BCUT2D eigenvalue weighted by molar-refractivity contribution is 14.0. The van der Waals surface area contributed by atoms with E-state index in [9.17, 15) is 4.79 Å². The fourth-order valence-corrected chi connectivity index (χ4v) is 3.01. The van der Waals surface area contributed by atoms with Gasteiger partial charge in [-0.1, -0.05) is 13.0 Å². The van der Waals surface area contributed by atoms with Crippen LogP contribution in [0.4, 0.5) is 4.79 Å². The van der Waals surface area contributed by atoms with Gasteiger partial charge in [0.05, 0.1) is 0 Å². The number of hydrogen-bond acceptors (Lipinski definition) is 4. The van der Waals surface area contributed by atoms with Gasteiger partial charge in [-0.25, -0.2) is 4.79 Å². The second-order valence-electron chi connectivity index (χ2n) is 7.05. The van der Waals surface area contributed by atoms with Gasteiger partial charge in [-0.05, 0) is 51.0 Å². The van der Waals surface area contributed by atoms with Crippen molar-refractivity contribution in [3.63, 3.8) is 0 Å². The van der Waals surface area contributed by atoms with Crippen LogP contribution in [0.3, 0.4) is 0 Å². The number of rotatable bonds is 8. The van der Waals surface area contributed by atoms with Crippen molar-refractivity contribution < 1.29 is 9.53 Å². The lowest BCUT2D eigenvalue weighted by molar-refractivity contribution is 0.0527. The maximum atomic E-state index is 11.5. The largest absolute Gasteiger partial charge is 0.444 e. The molecule has 150 valence electrons. The maximum Gasteiger partial charge on any atom is 0.407 e. The number of guanidine groups is 1. The van der Waals surface area contributed by atoms with Crippen LogP contribution >= 0.6 is 35.3 Å². The number of thiophene rings is 1. The van der Waals surface area contributed by atoms with Gasteiger partial charge in [0.25, 0.3) is 0 Å². The lowest BCUT2D eigenvalue weighted by Gasteiger charge is -2.19. The molecule has 8 heteroatoms. The molecular formula is C18H33IN4O2S. The molecule has 1 aromatic heterocycles. The molecule has 0 radical (unpaired) electrons. The Morgan fingerprint density at radius 3 is 2.54 bits per heavy atom. The molecule has 0 saturated heterocycles. The van der Waals surface area contributed by atoms with Gasteiger partial charge in [0.15, 0.2) is 5.96 Å². The Hall–Kier alpha value is -1.03. The van der Waals surface area contributed by atoms with Crippen LogP contribution in [-0.4, -0.2) is 44.3 Å². The summed E-state index contributed by atoms with van der Waals surface area (Å²) in [5, 5.41) is 11.5. The summed E-state index contributed by atoms with van der Waals surface area (Å²) in [6, 6.07) is 4.26. The van der Waals surface area contributed by atoms with Crippen molar-refractivity contribution in [1.82, 2.24) is 16.0 Å². The molecule has 0 saturated carbocycles. The van der Waals surface area contributed by atoms with Gasteiger partial charge in [0.1, 0.15) is 5.60 Å². The van der Waals surface area contributed by atoms with E-state index in [2.05, 4.69) is 45.4 Å². The third-order valence-corrected chi connectivity index (χ3v) is 4.18. The summed E-state index contributed by atoms with van der Waals surface area (Å²) in [5.41, 5.74) is -0.464. The number of ether oxygens (including phenoxy) is 1. The van der Waals surface area contributed by atoms with Gasteiger partial charge in [0.2, 0.25) is 0 Å². The molecule has 1 aromatic rings. The first-order valence-electron chi connectivity index (χ1n) is 8.74. The number of aliphatic imine (C=N–C) groups is 1. The van der Waals surface area contributed by atoms with E-state index in [1.54, 1.807) is 18.4 Å². The average molecular weight is 496 g/mol. The van der Waals surface area contributed by atoms with Crippen molar-refractivity contribution in [2.24, 2.45) is 10.9 Å². The molecule has 0 aliphatic heterocycles. The highest BCUT2D eigenvalue weighted by Gasteiger charge is 2.15. The number of alkyl carbamates (subject to hydrolysis) is 1. The molecule has 3 N–H and O–H groups in total. The molecule has 0 aliphatic carbocycles. The molecule has 0 spiro atoms. The number of nitrogens with one attached hydrogen (secondary N) is 3. The quantitative estimate of drug-likeness (QED) is 0.223. The minimum absolute atomic E-state index is 0. The summed E-state index contributed by atoms with van der Waals surface area (Å²) in [5.74, 6) is 1.32. The summed E-state index contributed by atoms with van der Waals surface area (Å²) in [6.07, 6.45) is 1.49. The van der Waals surface area contributed by atoms with E-state index in [0.717, 1.165) is 31.9 Å². The third-order valence-electron chi connectivity index (χ3n) is 3.29. The third kappa shape index (κ3) is 12.3. The van der Waals surface area contributed by atoms with Gasteiger partial charge < -0.3 is 20.7 Å². The number of carbonyl (C=O) groups excluding carboxylic acids is 1. The normalized spacial score (nSPS) is 12.7. The standard InChI is InChI=1S/C18H32N4O2S.HI/c1-14(12-15-8-6-11-25-15)13-22-16(19-5)20-9-7-10-21-17(23)24-18(2,3)4;/h6,8,11,14H,7,9-10,12-13H2,1-5H3,(H,21,23)(H2,19,20,22);1H. The summed E-state index contributed by atoms with van der Waals surface area (Å²) in [6.45, 7) is 9.94. The highest BCUT2D eigenvalue weighted by atomic mass is 127. The van der Waals surface area contributed by atoms with Crippen molar-refractivity contribution in [3.05, 3.63) is 22.4 Å². The Kier molecular flexibility index (Phi) is 12.7. The van der Waals surface area contributed by atoms with Crippen LogP contribution in [0.1, 0.15) is 39.0 Å². The molecule has 1 unspecified atom stereocenters. The minimum Gasteiger partial charge on any atom is -0.444 e. The van der Waals surface area contributed by atoms with Gasteiger partial charge in [-0.2, -0.15) is 0 Å². The number of nitrogens with zero attached hydrogens (tertiary/aromatic N) is 1. The van der Waals surface area contributed by atoms with Crippen LogP contribution < -0.4 is 16.0 Å². The maximum absolute atomic E-state index is 11.5. The van der Waals surface area contributed by atoms with E-state index in [4.69, 9.17) is 4.74 Å². The second kappa shape index (κ2) is 13.2. The number of hydrogen-bond donors (Lipinski definition) is 3. The van der Waals surface area contributed by atoms with E-state index in [-0.39, 0.29) is 30.1 Å². The SMILES string of the molecule is CN=C(NCCCNC(=O)OC(C)(C)C)NCC(C)Cc1cccs1.I. The molecule has 0 aromatic carbocycles.